The van der Waals surface area contributed by atoms with Gasteiger partial charge in [-0.2, -0.15) is 0 Å². The molecule has 1 atom stereocenters. The maximum absolute atomic E-state index is 12.2. The first-order chi connectivity index (χ1) is 7.59. The first kappa shape index (κ1) is 14.5. The summed E-state index contributed by atoms with van der Waals surface area (Å²) >= 11 is 0. The molecule has 1 saturated heterocycles. The second kappa shape index (κ2) is 4.97. The Morgan fingerprint density at radius 3 is 2.29 bits per heavy atom. The van der Waals surface area contributed by atoms with Crippen LogP contribution >= 0.6 is 0 Å². The highest BCUT2D eigenvalue weighted by atomic mass is 16.5. The van der Waals surface area contributed by atoms with Crippen molar-refractivity contribution >= 4 is 5.91 Å². The van der Waals surface area contributed by atoms with E-state index in [2.05, 4.69) is 41.5 Å². The van der Waals surface area contributed by atoms with Crippen LogP contribution in [0.1, 0.15) is 48.0 Å². The Bertz CT molecular complexity index is 273. The van der Waals surface area contributed by atoms with Gasteiger partial charge in [0.15, 0.2) is 0 Å². The molecule has 1 aliphatic heterocycles. The molecule has 1 aliphatic rings. The summed E-state index contributed by atoms with van der Waals surface area (Å²) in [7, 11) is 0. The fourth-order valence-electron chi connectivity index (χ4n) is 1.97. The van der Waals surface area contributed by atoms with Crippen LogP contribution in [0.15, 0.2) is 0 Å². The summed E-state index contributed by atoms with van der Waals surface area (Å²) in [6.07, 6.45) is 0.768. The molecule has 0 saturated carbocycles. The molecular formula is C14H27NO2. The van der Waals surface area contributed by atoms with Gasteiger partial charge in [-0.05, 0) is 10.8 Å². The van der Waals surface area contributed by atoms with Gasteiger partial charge in [-0.25, -0.2) is 0 Å². The van der Waals surface area contributed by atoms with Crippen molar-refractivity contribution in [1.29, 1.82) is 0 Å². The zero-order chi connectivity index (χ0) is 13.3. The molecule has 0 aliphatic carbocycles. The van der Waals surface area contributed by atoms with Crippen molar-refractivity contribution in [3.8, 4) is 0 Å². The van der Waals surface area contributed by atoms with Crippen LogP contribution in [0.2, 0.25) is 0 Å². The van der Waals surface area contributed by atoms with Crippen LogP contribution in [-0.2, 0) is 9.53 Å². The normalized spacial score (nSPS) is 22.7. The van der Waals surface area contributed by atoms with Gasteiger partial charge >= 0.3 is 0 Å². The van der Waals surface area contributed by atoms with Crippen molar-refractivity contribution in [2.24, 2.45) is 10.8 Å². The quantitative estimate of drug-likeness (QED) is 0.706. The predicted molar refractivity (Wildman–Crippen MR) is 69.8 cm³/mol. The third-order valence-electron chi connectivity index (χ3n) is 3.07. The van der Waals surface area contributed by atoms with Gasteiger partial charge < -0.3 is 9.64 Å². The van der Waals surface area contributed by atoms with Crippen molar-refractivity contribution in [3.63, 3.8) is 0 Å². The number of carbonyl (C=O) groups excluding carboxylic acids is 1. The Balaban J connectivity index is 2.58. The van der Waals surface area contributed by atoms with Crippen LogP contribution in [0.5, 0.6) is 0 Å². The topological polar surface area (TPSA) is 29.5 Å². The molecular weight excluding hydrogens is 214 g/mol. The summed E-state index contributed by atoms with van der Waals surface area (Å²) in [6.45, 7) is 14.9. The van der Waals surface area contributed by atoms with Crippen molar-refractivity contribution in [2.75, 3.05) is 19.7 Å². The summed E-state index contributed by atoms with van der Waals surface area (Å²) in [4.78, 5) is 14.1. The Morgan fingerprint density at radius 2 is 1.82 bits per heavy atom. The second-order valence-corrected chi connectivity index (χ2v) is 7.30. The number of hydrogen-bond acceptors (Lipinski definition) is 2. The summed E-state index contributed by atoms with van der Waals surface area (Å²) < 4.78 is 5.76. The molecule has 3 nitrogen and oxygen atoms in total. The van der Waals surface area contributed by atoms with E-state index >= 15 is 0 Å². The Kier molecular flexibility index (Phi) is 4.23. The van der Waals surface area contributed by atoms with E-state index in [1.807, 2.05) is 4.90 Å². The van der Waals surface area contributed by atoms with E-state index in [9.17, 15) is 4.79 Å². The lowest BCUT2D eigenvalue weighted by molar-refractivity contribution is -0.145. The van der Waals surface area contributed by atoms with E-state index in [0.717, 1.165) is 13.1 Å². The molecule has 0 aromatic carbocycles. The number of amides is 1. The number of nitrogens with zero attached hydrogens (tertiary/aromatic N) is 1. The first-order valence-corrected chi connectivity index (χ1v) is 6.49. The van der Waals surface area contributed by atoms with Gasteiger partial charge in [0.05, 0.1) is 12.7 Å². The van der Waals surface area contributed by atoms with Crippen LogP contribution in [0, 0.1) is 10.8 Å². The zero-order valence-corrected chi connectivity index (χ0v) is 12.2. The molecule has 1 heterocycles. The number of carbonyl (C=O) groups is 1. The van der Waals surface area contributed by atoms with Gasteiger partial charge in [-0.15, -0.1) is 0 Å². The van der Waals surface area contributed by atoms with Gasteiger partial charge in [-0.1, -0.05) is 41.5 Å². The lowest BCUT2D eigenvalue weighted by Crippen LogP contribution is -2.50. The van der Waals surface area contributed by atoms with Crippen LogP contribution < -0.4 is 0 Å². The highest BCUT2D eigenvalue weighted by Gasteiger charge is 2.33. The average Bonchev–Trinajstić information content (AvgIpc) is 2.14. The largest absolute Gasteiger partial charge is 0.374 e. The minimum atomic E-state index is 0.0621. The van der Waals surface area contributed by atoms with Crippen molar-refractivity contribution in [1.82, 2.24) is 4.90 Å². The number of rotatable bonds is 1. The van der Waals surface area contributed by atoms with Crippen LogP contribution in [0.3, 0.4) is 0 Å². The van der Waals surface area contributed by atoms with Crippen LogP contribution in [0.4, 0.5) is 0 Å². The Hall–Kier alpha value is -0.570. The van der Waals surface area contributed by atoms with E-state index in [4.69, 9.17) is 4.74 Å². The summed E-state index contributed by atoms with van der Waals surface area (Å²) in [5.74, 6) is 0.259. The number of hydrogen-bond donors (Lipinski definition) is 0. The molecule has 1 fully saturated rings. The lowest BCUT2D eigenvalue weighted by Gasteiger charge is -2.40. The summed E-state index contributed by atoms with van der Waals surface area (Å²) in [5, 5.41) is 0. The molecule has 3 heteroatoms. The molecule has 0 bridgehead atoms. The predicted octanol–water partition coefficient (Wildman–Crippen LogP) is 2.70. The number of morpholine rings is 1. The maximum Gasteiger partial charge on any atom is 0.223 e. The zero-order valence-electron chi connectivity index (χ0n) is 12.2. The molecule has 0 N–H and O–H groups in total. The second-order valence-electron chi connectivity index (χ2n) is 7.30. The Labute approximate surface area is 106 Å². The monoisotopic (exact) mass is 241 g/mol. The van der Waals surface area contributed by atoms with E-state index in [0.29, 0.717) is 13.0 Å². The van der Waals surface area contributed by atoms with E-state index in [1.165, 1.54) is 0 Å². The van der Waals surface area contributed by atoms with E-state index in [1.54, 1.807) is 0 Å². The Morgan fingerprint density at radius 1 is 1.24 bits per heavy atom. The standard InChI is InChI=1S/C14H27NO2/c1-13(2,3)9-12(16)15-7-8-17-11(10-15)14(4,5)6/h11H,7-10H2,1-6H3. The fourth-order valence-corrected chi connectivity index (χ4v) is 1.97. The van der Waals surface area contributed by atoms with Gasteiger partial charge in [-0.3, -0.25) is 4.79 Å². The average molecular weight is 241 g/mol. The highest BCUT2D eigenvalue weighted by Crippen LogP contribution is 2.27. The molecule has 0 aromatic heterocycles. The van der Waals surface area contributed by atoms with E-state index in [-0.39, 0.29) is 22.8 Å². The molecule has 17 heavy (non-hydrogen) atoms. The van der Waals surface area contributed by atoms with Crippen molar-refractivity contribution < 1.29 is 9.53 Å². The third-order valence-corrected chi connectivity index (χ3v) is 3.07. The lowest BCUT2D eigenvalue weighted by atomic mass is 9.87. The molecule has 0 aromatic rings. The molecule has 0 spiro atoms. The van der Waals surface area contributed by atoms with Crippen molar-refractivity contribution in [2.45, 2.75) is 54.1 Å². The first-order valence-electron chi connectivity index (χ1n) is 6.49. The molecule has 100 valence electrons. The minimum absolute atomic E-state index is 0.0621. The maximum atomic E-state index is 12.2. The SMILES string of the molecule is CC(C)(C)CC(=O)N1CCOC(C(C)(C)C)C1. The smallest absolute Gasteiger partial charge is 0.223 e. The van der Waals surface area contributed by atoms with E-state index < -0.39 is 0 Å². The molecule has 1 unspecified atom stereocenters. The highest BCUT2D eigenvalue weighted by molar-refractivity contribution is 5.76. The van der Waals surface area contributed by atoms with Gasteiger partial charge in [0.1, 0.15) is 0 Å². The van der Waals surface area contributed by atoms with Gasteiger partial charge in [0, 0.05) is 19.5 Å². The molecule has 0 radical (unpaired) electrons. The van der Waals surface area contributed by atoms with Crippen molar-refractivity contribution in [3.05, 3.63) is 0 Å². The molecule has 1 rings (SSSR count). The molecule has 1 amide bonds. The third kappa shape index (κ3) is 4.66. The van der Waals surface area contributed by atoms with Gasteiger partial charge in [0.25, 0.3) is 0 Å². The fraction of sp³-hybridized carbons (Fsp3) is 0.929. The van der Waals surface area contributed by atoms with Crippen LogP contribution in [0.25, 0.3) is 0 Å². The number of ether oxygens (including phenoxy) is 1. The summed E-state index contributed by atoms with van der Waals surface area (Å²) in [6, 6.07) is 0. The summed E-state index contributed by atoms with van der Waals surface area (Å²) in [5.41, 5.74) is 0.160. The minimum Gasteiger partial charge on any atom is -0.374 e. The van der Waals surface area contributed by atoms with Crippen LogP contribution in [-0.4, -0.2) is 36.6 Å². The van der Waals surface area contributed by atoms with Gasteiger partial charge in [0.2, 0.25) is 5.91 Å².